The van der Waals surface area contributed by atoms with E-state index in [4.69, 9.17) is 0 Å². The average molecular weight is 443 g/mol. The number of unbranched alkanes of at least 4 members (excludes halogenated alkanes) is 2. The normalized spacial score (nSPS) is 4.20. The van der Waals surface area contributed by atoms with Crippen LogP contribution in [0.15, 0.2) is 0 Å². The molecule has 0 aliphatic rings. The molecule has 4 radical (unpaired) electrons. The third kappa shape index (κ3) is 39.4. The first-order valence-electron chi connectivity index (χ1n) is 2.23. The second-order valence-corrected chi connectivity index (χ2v) is 1.11. The smallest absolute Gasteiger partial charge is 0 e. The topological polar surface area (TPSA) is 33.5 Å². The van der Waals surface area contributed by atoms with Gasteiger partial charge in [-0.15, -0.1) is 0 Å². The molecule has 0 rings (SSSR count). The molecule has 0 atom stereocenters. The quantitative estimate of drug-likeness (QED) is 0.589. The summed E-state index contributed by atoms with van der Waals surface area (Å²) >= 11 is 0. The summed E-state index contributed by atoms with van der Waals surface area (Å²) in [6.45, 7) is 4.31. The Kier molecular flexibility index (Phi) is 138. The Bertz CT molecular complexity index is 21.1. The molecule has 0 unspecified atom stereocenters. The zero-order chi connectivity index (χ0) is 4.12. The van der Waals surface area contributed by atoms with Crippen LogP contribution in [0.4, 0.5) is 0 Å². The van der Waals surface area contributed by atoms with Crippen LogP contribution in [0, 0.1) is 6.42 Å². The van der Waals surface area contributed by atoms with Crippen LogP contribution in [0.25, 0.3) is 6.15 Å². The van der Waals surface area contributed by atoms with E-state index in [0.29, 0.717) is 0 Å². The molecule has 10 heavy (non-hydrogen) atoms. The maximum Gasteiger partial charge on any atom is 0 e. The third-order valence-corrected chi connectivity index (χ3v) is 0.577. The summed E-state index contributed by atoms with van der Waals surface area (Å²) in [4.78, 5) is 0. The second-order valence-electron chi connectivity index (χ2n) is 1.11. The molecule has 52 valence electrons. The van der Waals surface area contributed by atoms with Crippen molar-refractivity contribution in [2.75, 3.05) is 0 Å². The Morgan fingerprint density at radius 1 is 0.800 bits per heavy atom. The van der Waals surface area contributed by atoms with E-state index < -0.39 is 0 Å². The van der Waals surface area contributed by atoms with E-state index >= 15 is 0 Å². The molecule has 0 aromatic heterocycles. The molecule has 1 nitrogen and oxygen atoms in total. The first kappa shape index (κ1) is 36.7. The molecule has 0 saturated carbocycles. The van der Waals surface area contributed by atoms with Gasteiger partial charge in [-0.2, -0.15) is 12.8 Å². The summed E-state index contributed by atoms with van der Waals surface area (Å²) < 4.78 is 0. The molecule has 0 bridgehead atoms. The molecule has 0 aromatic rings. The van der Waals surface area contributed by atoms with E-state index in [1.807, 2.05) is 0 Å². The van der Waals surface area contributed by atoms with Crippen LogP contribution in [0.5, 0.6) is 0 Å². The number of hydrogen-bond donors (Lipinski definition) is 0. The number of hydrogen-bond acceptors (Lipinski definition) is 0. The summed E-state index contributed by atoms with van der Waals surface area (Å²) in [5, 5.41) is 0. The van der Waals surface area contributed by atoms with Crippen LogP contribution in [-0.4, -0.2) is 0 Å². The average Bonchev–Trinajstić information content (AvgIpc) is 1.41. The maximum absolute atomic E-state index is 2.25. The van der Waals surface area contributed by atoms with Gasteiger partial charge < -0.3 is 12.6 Å². The van der Waals surface area contributed by atoms with Crippen molar-refractivity contribution < 1.29 is 131 Å². The van der Waals surface area contributed by atoms with Crippen molar-refractivity contribution in [2.45, 2.75) is 26.7 Å². The molecule has 0 amide bonds. The molecular weight excluding hydrogens is 430 g/mol. The van der Waals surface area contributed by atoms with Crippen molar-refractivity contribution in [2.24, 2.45) is 0 Å². The zero-order valence-corrected chi connectivity index (χ0v) is 18.2. The van der Waals surface area contributed by atoms with Gasteiger partial charge in [0.15, 0.2) is 0 Å². The molecule has 0 fully saturated rings. The van der Waals surface area contributed by atoms with Crippen LogP contribution < -0.4 is 0 Å². The van der Waals surface area contributed by atoms with Gasteiger partial charge in [0.1, 0.15) is 0 Å². The van der Waals surface area contributed by atoms with Crippen molar-refractivity contribution in [3.63, 3.8) is 0 Å². The van der Waals surface area contributed by atoms with Crippen molar-refractivity contribution in [3.05, 3.63) is 12.6 Å². The molecule has 0 aliphatic heterocycles. The maximum atomic E-state index is 2.25. The molecule has 0 aromatic carbocycles. The Morgan fingerprint density at radius 2 is 1.00 bits per heavy atom. The Balaban J connectivity index is -0.00000000800. The first-order chi connectivity index (χ1) is 2.41. The van der Waals surface area contributed by atoms with Gasteiger partial charge in [0.05, 0.1) is 0 Å². The van der Waals surface area contributed by atoms with E-state index in [1.165, 1.54) is 12.8 Å². The predicted molar refractivity (Wildman–Crippen MR) is 30.2 cm³/mol. The summed E-state index contributed by atoms with van der Waals surface area (Å²) in [7, 11) is 0. The minimum atomic E-state index is 0. The fraction of sp³-hybridized carbons (Fsp3) is 0.800. The SMILES string of the molecule is CC[CH-]CC.[NH2-].[Y].[Y].[Y].[Y]. The van der Waals surface area contributed by atoms with Gasteiger partial charge in [-0.3, -0.25) is 0 Å². The van der Waals surface area contributed by atoms with Crippen molar-refractivity contribution in [1.82, 2.24) is 0 Å². The fourth-order valence-electron chi connectivity index (χ4n) is 0.289. The van der Waals surface area contributed by atoms with Crippen LogP contribution in [-0.2, 0) is 131 Å². The number of nitrogens with two attached hydrogens (primary N) is 1. The Hall–Kier alpha value is 4.38. The van der Waals surface area contributed by atoms with Crippen molar-refractivity contribution in [3.8, 4) is 0 Å². The minimum absolute atomic E-state index is 0. The summed E-state index contributed by atoms with van der Waals surface area (Å²) in [5.41, 5.74) is 0. The largest absolute Gasteiger partial charge is 0.693 e. The van der Waals surface area contributed by atoms with E-state index in [1.54, 1.807) is 0 Å². The summed E-state index contributed by atoms with van der Waals surface area (Å²) in [6, 6.07) is 0. The predicted octanol–water partition coefficient (Wildman–Crippen LogP) is 2.72. The van der Waals surface area contributed by atoms with Crippen LogP contribution in [0.3, 0.4) is 0 Å². The molecule has 0 spiro atoms. The van der Waals surface area contributed by atoms with Crippen LogP contribution in [0.1, 0.15) is 26.7 Å². The van der Waals surface area contributed by atoms with Gasteiger partial charge in [-0.25, -0.2) is 0 Å². The standard InChI is InChI=1S/C5H11.H2N.4Y/c1-3-5-4-2;;;;;/h5H,3-4H2,1-2H3;1H2;;;;/q2*-1;;;;. The molecular formula is C5H13NY4-2. The van der Waals surface area contributed by atoms with Gasteiger partial charge in [-0.1, -0.05) is 13.8 Å². The van der Waals surface area contributed by atoms with Crippen molar-refractivity contribution in [1.29, 1.82) is 0 Å². The van der Waals surface area contributed by atoms with E-state index in [2.05, 4.69) is 20.3 Å². The van der Waals surface area contributed by atoms with Gasteiger partial charge in [-0.05, 0) is 0 Å². The Morgan fingerprint density at radius 3 is 1.00 bits per heavy atom. The van der Waals surface area contributed by atoms with Crippen molar-refractivity contribution >= 4 is 0 Å². The Labute approximate surface area is 166 Å². The van der Waals surface area contributed by atoms with Gasteiger partial charge in [0.25, 0.3) is 0 Å². The van der Waals surface area contributed by atoms with Crippen LogP contribution in [0.2, 0.25) is 0 Å². The minimum Gasteiger partial charge on any atom is -0.693 e. The number of rotatable bonds is 2. The van der Waals surface area contributed by atoms with E-state index in [9.17, 15) is 0 Å². The fourth-order valence-corrected chi connectivity index (χ4v) is 0.289. The van der Waals surface area contributed by atoms with E-state index in [0.717, 1.165) is 0 Å². The summed E-state index contributed by atoms with van der Waals surface area (Å²) in [6.07, 6.45) is 4.69. The van der Waals surface area contributed by atoms with Gasteiger partial charge >= 0.3 is 0 Å². The van der Waals surface area contributed by atoms with Gasteiger partial charge in [0, 0.05) is 131 Å². The zero-order valence-electron chi connectivity index (χ0n) is 6.88. The first-order valence-corrected chi connectivity index (χ1v) is 2.23. The summed E-state index contributed by atoms with van der Waals surface area (Å²) in [5.74, 6) is 0. The molecule has 5 heteroatoms. The second kappa shape index (κ2) is 37.7. The molecule has 2 N–H and O–H groups in total. The van der Waals surface area contributed by atoms with Gasteiger partial charge in [0.2, 0.25) is 0 Å². The monoisotopic (exact) mass is 443 g/mol. The molecule has 0 aliphatic carbocycles. The van der Waals surface area contributed by atoms with E-state index in [-0.39, 0.29) is 137 Å². The molecule has 0 heterocycles. The third-order valence-electron chi connectivity index (χ3n) is 0.577. The van der Waals surface area contributed by atoms with Crippen LogP contribution >= 0.6 is 0 Å². The molecule has 0 saturated heterocycles.